The normalized spacial score (nSPS) is 29.2. The second kappa shape index (κ2) is 5.69. The van der Waals surface area contributed by atoms with E-state index in [9.17, 15) is 4.79 Å². The van der Waals surface area contributed by atoms with E-state index in [0.29, 0.717) is 11.8 Å². The molecule has 1 aromatic rings. The number of hydrogen-bond acceptors (Lipinski definition) is 2. The van der Waals surface area contributed by atoms with Crippen molar-refractivity contribution in [3.8, 4) is 0 Å². The van der Waals surface area contributed by atoms with Gasteiger partial charge in [0.25, 0.3) is 5.91 Å². The lowest BCUT2D eigenvalue weighted by molar-refractivity contribution is 0.0871. The van der Waals surface area contributed by atoms with Crippen molar-refractivity contribution in [1.29, 1.82) is 0 Å². The fraction of sp³-hybridized carbons (Fsp3) is 0.688. The molecule has 2 unspecified atom stereocenters. The second-order valence-corrected chi connectivity index (χ2v) is 7.89. The van der Waals surface area contributed by atoms with Crippen LogP contribution in [-0.2, 0) is 12.8 Å². The Labute approximate surface area is 129 Å². The summed E-state index contributed by atoms with van der Waals surface area (Å²) < 4.78 is 0. The van der Waals surface area contributed by atoms with Crippen LogP contribution in [0.4, 0.5) is 0 Å². The molecule has 0 saturated heterocycles. The maximum Gasteiger partial charge on any atom is 0.261 e. The monoisotopic (exact) mass is 311 g/mol. The molecule has 1 heterocycles. The van der Waals surface area contributed by atoms with Crippen LogP contribution >= 0.6 is 22.9 Å². The number of carbonyl (C=O) groups is 1. The summed E-state index contributed by atoms with van der Waals surface area (Å²) in [6, 6.07) is 2.09. The first-order chi connectivity index (χ1) is 9.62. The van der Waals surface area contributed by atoms with Gasteiger partial charge in [-0.2, -0.15) is 0 Å². The second-order valence-electron chi connectivity index (χ2n) is 6.48. The third-order valence-electron chi connectivity index (χ3n) is 4.70. The van der Waals surface area contributed by atoms with Gasteiger partial charge in [0, 0.05) is 10.8 Å². The van der Waals surface area contributed by atoms with Crippen molar-refractivity contribution in [3.63, 3.8) is 0 Å². The van der Waals surface area contributed by atoms with Gasteiger partial charge in [-0.05, 0) is 49.7 Å². The first kappa shape index (κ1) is 14.4. The average molecular weight is 312 g/mol. The molecule has 2 aliphatic rings. The molecule has 4 heteroatoms. The van der Waals surface area contributed by atoms with E-state index in [0.717, 1.165) is 37.0 Å². The number of rotatable bonds is 3. The highest BCUT2D eigenvalue weighted by Crippen LogP contribution is 2.35. The van der Waals surface area contributed by atoms with Crippen LogP contribution in [0, 0.1) is 5.92 Å². The zero-order valence-electron chi connectivity index (χ0n) is 12.0. The van der Waals surface area contributed by atoms with Gasteiger partial charge < -0.3 is 5.32 Å². The van der Waals surface area contributed by atoms with E-state index in [1.807, 2.05) is 0 Å². The largest absolute Gasteiger partial charge is 0.345 e. The molecule has 110 valence electrons. The lowest BCUT2D eigenvalue weighted by Gasteiger charge is -2.39. The summed E-state index contributed by atoms with van der Waals surface area (Å²) in [4.78, 5) is 14.8. The van der Waals surface area contributed by atoms with Gasteiger partial charge in [0.1, 0.15) is 0 Å². The Kier molecular flexibility index (Phi) is 4.09. The minimum atomic E-state index is -0.190. The Morgan fingerprint density at radius 1 is 1.50 bits per heavy atom. The molecule has 2 nitrogen and oxygen atoms in total. The average Bonchev–Trinajstić information content (AvgIpc) is 2.99. The van der Waals surface area contributed by atoms with Crippen molar-refractivity contribution >= 4 is 28.8 Å². The minimum absolute atomic E-state index is 0.0825. The molecule has 0 bridgehead atoms. The maximum atomic E-state index is 12.5. The minimum Gasteiger partial charge on any atom is -0.345 e. The zero-order chi connectivity index (χ0) is 14.2. The molecule has 1 fully saturated rings. The lowest BCUT2D eigenvalue weighted by Crippen LogP contribution is -2.52. The molecule has 2 aliphatic carbocycles. The van der Waals surface area contributed by atoms with Crippen molar-refractivity contribution in [3.05, 3.63) is 21.4 Å². The number of fused-ring (bicyclic) bond motifs is 1. The van der Waals surface area contributed by atoms with Gasteiger partial charge in [-0.3, -0.25) is 4.79 Å². The number of halogens is 1. The molecule has 0 radical (unpaired) electrons. The van der Waals surface area contributed by atoms with E-state index in [-0.39, 0.29) is 11.4 Å². The highest BCUT2D eigenvalue weighted by atomic mass is 35.5. The third kappa shape index (κ3) is 2.75. The summed E-state index contributed by atoms with van der Waals surface area (Å²) >= 11 is 7.87. The zero-order valence-corrected chi connectivity index (χ0v) is 13.6. The molecule has 0 spiro atoms. The van der Waals surface area contributed by atoms with Crippen molar-refractivity contribution in [2.45, 2.75) is 57.4 Å². The first-order valence-corrected chi connectivity index (χ1v) is 8.97. The van der Waals surface area contributed by atoms with E-state index >= 15 is 0 Å². The molecule has 1 amide bonds. The predicted octanol–water partition coefficient (Wildman–Crippen LogP) is 4.15. The molecule has 0 aromatic carbocycles. The quantitative estimate of drug-likeness (QED) is 0.835. The summed E-state index contributed by atoms with van der Waals surface area (Å²) in [5, 5.41) is 3.26. The van der Waals surface area contributed by atoms with Crippen LogP contribution < -0.4 is 5.32 Å². The molecule has 0 aliphatic heterocycles. The number of nitrogens with one attached hydrogen (secondary N) is 1. The Hall–Kier alpha value is -0.540. The Morgan fingerprint density at radius 3 is 3.05 bits per heavy atom. The van der Waals surface area contributed by atoms with Crippen LogP contribution in [0.1, 0.15) is 59.1 Å². The number of alkyl halides is 1. The van der Waals surface area contributed by atoms with Gasteiger partial charge in [0.05, 0.1) is 10.4 Å². The van der Waals surface area contributed by atoms with Crippen LogP contribution in [0.2, 0.25) is 0 Å². The van der Waals surface area contributed by atoms with E-state index in [1.165, 1.54) is 23.3 Å². The third-order valence-corrected chi connectivity index (χ3v) is 6.44. The predicted molar refractivity (Wildman–Crippen MR) is 84.9 cm³/mol. The van der Waals surface area contributed by atoms with E-state index in [4.69, 9.17) is 11.6 Å². The summed E-state index contributed by atoms with van der Waals surface area (Å²) in [5.74, 6) is 1.25. The molecule has 3 rings (SSSR count). The fourth-order valence-corrected chi connectivity index (χ4v) is 5.13. The van der Waals surface area contributed by atoms with Crippen LogP contribution in [-0.4, -0.2) is 17.3 Å². The van der Waals surface area contributed by atoms with Gasteiger partial charge in [-0.1, -0.05) is 19.8 Å². The fourth-order valence-electron chi connectivity index (χ4n) is 3.67. The van der Waals surface area contributed by atoms with Gasteiger partial charge in [-0.25, -0.2) is 0 Å². The summed E-state index contributed by atoms with van der Waals surface area (Å²) in [7, 11) is 0. The highest BCUT2D eigenvalue weighted by molar-refractivity contribution is 7.14. The van der Waals surface area contributed by atoms with Crippen molar-refractivity contribution in [1.82, 2.24) is 5.32 Å². The molecular formula is C16H22ClNOS. The van der Waals surface area contributed by atoms with Crippen LogP contribution in [0.25, 0.3) is 0 Å². The number of aryl methyl sites for hydroxylation is 2. The van der Waals surface area contributed by atoms with Gasteiger partial charge in [-0.15, -0.1) is 22.9 Å². The van der Waals surface area contributed by atoms with Crippen LogP contribution in [0.3, 0.4) is 0 Å². The molecule has 2 atom stereocenters. The van der Waals surface area contributed by atoms with E-state index < -0.39 is 0 Å². The number of carbonyl (C=O) groups excluding carboxylic acids is 1. The Morgan fingerprint density at radius 2 is 2.35 bits per heavy atom. The van der Waals surface area contributed by atoms with Crippen molar-refractivity contribution < 1.29 is 4.79 Å². The van der Waals surface area contributed by atoms with Crippen LogP contribution in [0.15, 0.2) is 6.07 Å². The Bertz CT molecular complexity index is 491. The lowest BCUT2D eigenvalue weighted by atomic mass is 9.77. The first-order valence-electron chi connectivity index (χ1n) is 7.62. The summed E-state index contributed by atoms with van der Waals surface area (Å²) in [6.45, 7) is 2.26. The number of thiophene rings is 1. The van der Waals surface area contributed by atoms with Gasteiger partial charge >= 0.3 is 0 Å². The van der Waals surface area contributed by atoms with E-state index in [1.54, 1.807) is 11.3 Å². The van der Waals surface area contributed by atoms with E-state index in [2.05, 4.69) is 18.3 Å². The smallest absolute Gasteiger partial charge is 0.261 e. The molecular weight excluding hydrogens is 290 g/mol. The van der Waals surface area contributed by atoms with Crippen LogP contribution in [0.5, 0.6) is 0 Å². The van der Waals surface area contributed by atoms with Crippen molar-refractivity contribution in [2.24, 2.45) is 5.92 Å². The Balaban J connectivity index is 1.73. The number of amides is 1. The summed E-state index contributed by atoms with van der Waals surface area (Å²) in [6.07, 6.45) is 7.95. The summed E-state index contributed by atoms with van der Waals surface area (Å²) in [5.41, 5.74) is 1.20. The van der Waals surface area contributed by atoms with Crippen molar-refractivity contribution in [2.75, 3.05) is 5.88 Å². The molecule has 1 N–H and O–H groups in total. The maximum absolute atomic E-state index is 12.5. The molecule has 1 aromatic heterocycles. The molecule has 20 heavy (non-hydrogen) atoms. The molecule has 1 saturated carbocycles. The SMILES string of the molecule is CC1CCCC(CCl)(NC(=O)c2cc3c(s2)CCC3)C1. The van der Waals surface area contributed by atoms with Gasteiger partial charge in [0.2, 0.25) is 0 Å². The van der Waals surface area contributed by atoms with Gasteiger partial charge in [0.15, 0.2) is 0 Å². The topological polar surface area (TPSA) is 29.1 Å². The standard InChI is InChI=1S/C16H22ClNOS/c1-11-4-3-7-16(9-11,10-17)18-15(19)14-8-12-5-2-6-13(12)20-14/h8,11H,2-7,9-10H2,1H3,(H,18,19). The number of hydrogen-bond donors (Lipinski definition) is 1. The highest BCUT2D eigenvalue weighted by Gasteiger charge is 2.36.